The number of ether oxygens (including phenoxy) is 1. The SMILES string of the molecule is CCOC(=O)c1nc2ccccc2n([C@H](C)C[C@H]2C=C[C@H](C)N2)c1=O. The van der Waals surface area contributed by atoms with E-state index in [1.165, 1.54) is 0 Å². The number of para-hydroxylation sites is 2. The van der Waals surface area contributed by atoms with Crippen LogP contribution in [0.15, 0.2) is 41.2 Å². The van der Waals surface area contributed by atoms with Crippen LogP contribution in [-0.2, 0) is 4.74 Å². The number of hydrogen-bond acceptors (Lipinski definition) is 5. The van der Waals surface area contributed by atoms with Crippen LogP contribution in [0.3, 0.4) is 0 Å². The molecule has 0 saturated heterocycles. The molecule has 6 heteroatoms. The van der Waals surface area contributed by atoms with Crippen molar-refractivity contribution >= 4 is 17.0 Å². The molecule has 1 aromatic heterocycles. The fraction of sp³-hybridized carbons (Fsp3) is 0.421. The van der Waals surface area contributed by atoms with Gasteiger partial charge in [-0.15, -0.1) is 0 Å². The number of rotatable bonds is 5. The molecular formula is C19H23N3O3. The fourth-order valence-corrected chi connectivity index (χ4v) is 3.29. The van der Waals surface area contributed by atoms with Crippen molar-refractivity contribution in [3.63, 3.8) is 0 Å². The van der Waals surface area contributed by atoms with E-state index >= 15 is 0 Å². The average molecular weight is 341 g/mol. The Morgan fingerprint density at radius 2 is 2.12 bits per heavy atom. The van der Waals surface area contributed by atoms with Gasteiger partial charge in [0.2, 0.25) is 5.69 Å². The van der Waals surface area contributed by atoms with Crippen LogP contribution in [0.2, 0.25) is 0 Å². The summed E-state index contributed by atoms with van der Waals surface area (Å²) in [7, 11) is 0. The Bertz CT molecular complexity index is 872. The molecule has 25 heavy (non-hydrogen) atoms. The maximum atomic E-state index is 12.9. The summed E-state index contributed by atoms with van der Waals surface area (Å²) < 4.78 is 6.66. The van der Waals surface area contributed by atoms with Crippen molar-refractivity contribution in [3.05, 3.63) is 52.5 Å². The monoisotopic (exact) mass is 341 g/mol. The van der Waals surface area contributed by atoms with E-state index in [4.69, 9.17) is 4.74 Å². The van der Waals surface area contributed by atoms with E-state index in [2.05, 4.69) is 29.4 Å². The zero-order chi connectivity index (χ0) is 18.0. The van der Waals surface area contributed by atoms with Crippen molar-refractivity contribution in [2.45, 2.75) is 45.3 Å². The minimum absolute atomic E-state index is 0.0963. The largest absolute Gasteiger partial charge is 0.461 e. The van der Waals surface area contributed by atoms with E-state index < -0.39 is 11.5 Å². The average Bonchev–Trinajstić information content (AvgIpc) is 2.99. The second kappa shape index (κ2) is 7.19. The molecule has 1 aromatic carbocycles. The van der Waals surface area contributed by atoms with Crippen molar-refractivity contribution in [2.24, 2.45) is 0 Å². The first-order chi connectivity index (χ1) is 12.0. The van der Waals surface area contributed by atoms with Gasteiger partial charge in [-0.3, -0.25) is 4.79 Å². The molecule has 1 N–H and O–H groups in total. The molecule has 0 saturated carbocycles. The number of fused-ring (bicyclic) bond motifs is 1. The third-order valence-corrected chi connectivity index (χ3v) is 4.41. The molecule has 3 atom stereocenters. The summed E-state index contributed by atoms with van der Waals surface area (Å²) in [6.45, 7) is 5.99. The topological polar surface area (TPSA) is 73.2 Å². The van der Waals surface area contributed by atoms with Gasteiger partial charge in [0, 0.05) is 18.1 Å². The van der Waals surface area contributed by atoms with Gasteiger partial charge >= 0.3 is 5.97 Å². The van der Waals surface area contributed by atoms with Gasteiger partial charge < -0.3 is 14.6 Å². The predicted octanol–water partition coefficient (Wildman–Crippen LogP) is 2.44. The molecule has 0 aliphatic carbocycles. The number of benzene rings is 1. The third-order valence-electron chi connectivity index (χ3n) is 4.41. The molecule has 0 radical (unpaired) electrons. The van der Waals surface area contributed by atoms with Gasteiger partial charge in [-0.25, -0.2) is 9.78 Å². The van der Waals surface area contributed by atoms with E-state index in [0.717, 1.165) is 11.9 Å². The Morgan fingerprint density at radius 1 is 1.36 bits per heavy atom. The number of nitrogens with one attached hydrogen (secondary N) is 1. The van der Waals surface area contributed by atoms with Crippen molar-refractivity contribution < 1.29 is 9.53 Å². The predicted molar refractivity (Wildman–Crippen MR) is 96.8 cm³/mol. The number of nitrogens with zero attached hydrogens (tertiary/aromatic N) is 2. The zero-order valence-electron chi connectivity index (χ0n) is 14.7. The lowest BCUT2D eigenvalue weighted by Gasteiger charge is -2.22. The second-order valence-corrected chi connectivity index (χ2v) is 6.38. The highest BCUT2D eigenvalue weighted by molar-refractivity contribution is 5.89. The summed E-state index contributed by atoms with van der Waals surface area (Å²) >= 11 is 0. The Hall–Kier alpha value is -2.47. The summed E-state index contributed by atoms with van der Waals surface area (Å²) in [4.78, 5) is 29.3. The molecule has 3 rings (SSSR count). The lowest BCUT2D eigenvalue weighted by molar-refractivity contribution is 0.0516. The number of carbonyl (C=O) groups excluding carboxylic acids is 1. The summed E-state index contributed by atoms with van der Waals surface area (Å²) in [6, 6.07) is 7.81. The van der Waals surface area contributed by atoms with Gasteiger partial charge in [-0.1, -0.05) is 24.3 Å². The van der Waals surface area contributed by atoms with Crippen molar-refractivity contribution in [3.8, 4) is 0 Å². The molecule has 0 bridgehead atoms. The van der Waals surface area contributed by atoms with Crippen LogP contribution in [-0.4, -0.2) is 34.2 Å². The summed E-state index contributed by atoms with van der Waals surface area (Å²) in [6.07, 6.45) is 4.99. The van der Waals surface area contributed by atoms with Gasteiger partial charge in [-0.05, 0) is 39.3 Å². The Balaban J connectivity index is 2.05. The first-order valence-electron chi connectivity index (χ1n) is 8.64. The van der Waals surface area contributed by atoms with Crippen LogP contribution in [0.1, 0.15) is 43.7 Å². The number of esters is 1. The van der Waals surface area contributed by atoms with E-state index in [0.29, 0.717) is 11.6 Å². The Labute approximate surface area is 146 Å². The van der Waals surface area contributed by atoms with Crippen LogP contribution in [0, 0.1) is 0 Å². The number of aromatic nitrogens is 2. The first-order valence-corrected chi connectivity index (χ1v) is 8.64. The highest BCUT2D eigenvalue weighted by Gasteiger charge is 2.23. The lowest BCUT2D eigenvalue weighted by Crippen LogP contribution is -2.35. The quantitative estimate of drug-likeness (QED) is 0.668. The van der Waals surface area contributed by atoms with Crippen LogP contribution >= 0.6 is 0 Å². The number of carbonyl (C=O) groups is 1. The summed E-state index contributed by atoms with van der Waals surface area (Å²) in [5, 5.41) is 3.45. The van der Waals surface area contributed by atoms with Crippen molar-refractivity contribution in [1.82, 2.24) is 14.9 Å². The zero-order valence-corrected chi connectivity index (χ0v) is 14.7. The molecule has 1 aliphatic heterocycles. The minimum Gasteiger partial charge on any atom is -0.461 e. The Morgan fingerprint density at radius 3 is 2.80 bits per heavy atom. The first kappa shape index (κ1) is 17.4. The standard InChI is InChI=1S/C19H23N3O3/c1-4-25-19(24)17-18(23)22(16-8-6-5-7-15(16)21-17)13(3)11-14-10-9-12(2)20-14/h5-10,12-14,20H,4,11H2,1-3H3/t12-,13+,14+/m0/s1. The summed E-state index contributed by atoms with van der Waals surface area (Å²) in [5.41, 5.74) is 0.777. The summed E-state index contributed by atoms with van der Waals surface area (Å²) in [5.74, 6) is -0.674. The van der Waals surface area contributed by atoms with E-state index in [9.17, 15) is 9.59 Å². The van der Waals surface area contributed by atoms with Crippen LogP contribution in [0.5, 0.6) is 0 Å². The molecule has 0 spiro atoms. The van der Waals surface area contributed by atoms with Crippen LogP contribution in [0.4, 0.5) is 0 Å². The lowest BCUT2D eigenvalue weighted by atomic mass is 10.1. The fourth-order valence-electron chi connectivity index (χ4n) is 3.29. The normalized spacial score (nSPS) is 20.8. The van der Waals surface area contributed by atoms with E-state index in [1.54, 1.807) is 17.6 Å². The molecule has 6 nitrogen and oxygen atoms in total. The molecule has 0 unspecified atom stereocenters. The van der Waals surface area contributed by atoms with Crippen LogP contribution < -0.4 is 10.9 Å². The molecule has 132 valence electrons. The van der Waals surface area contributed by atoms with Gasteiger partial charge in [0.1, 0.15) is 0 Å². The van der Waals surface area contributed by atoms with Crippen molar-refractivity contribution in [2.75, 3.05) is 6.61 Å². The van der Waals surface area contributed by atoms with Gasteiger partial charge in [0.05, 0.1) is 17.6 Å². The second-order valence-electron chi connectivity index (χ2n) is 6.38. The minimum atomic E-state index is -0.674. The third kappa shape index (κ3) is 3.49. The maximum absolute atomic E-state index is 12.9. The van der Waals surface area contributed by atoms with E-state index in [-0.39, 0.29) is 24.4 Å². The maximum Gasteiger partial charge on any atom is 0.362 e. The Kier molecular flexibility index (Phi) is 4.99. The van der Waals surface area contributed by atoms with Gasteiger partial charge in [0.25, 0.3) is 5.56 Å². The molecule has 0 fully saturated rings. The van der Waals surface area contributed by atoms with Gasteiger partial charge in [-0.2, -0.15) is 0 Å². The molecule has 1 aliphatic rings. The van der Waals surface area contributed by atoms with Crippen molar-refractivity contribution in [1.29, 1.82) is 0 Å². The van der Waals surface area contributed by atoms with E-state index in [1.807, 2.05) is 25.1 Å². The highest BCUT2D eigenvalue weighted by Crippen LogP contribution is 2.20. The number of hydrogen-bond donors (Lipinski definition) is 1. The van der Waals surface area contributed by atoms with Gasteiger partial charge in [0.15, 0.2) is 0 Å². The molecule has 2 aromatic rings. The highest BCUT2D eigenvalue weighted by atomic mass is 16.5. The molecular weight excluding hydrogens is 318 g/mol. The van der Waals surface area contributed by atoms with Crippen LogP contribution in [0.25, 0.3) is 11.0 Å². The molecule has 2 heterocycles. The smallest absolute Gasteiger partial charge is 0.362 e. The molecule has 0 amide bonds.